The summed E-state index contributed by atoms with van der Waals surface area (Å²) in [5.74, 6) is -2.46. The van der Waals surface area contributed by atoms with E-state index in [0.717, 1.165) is 43.1 Å². The highest BCUT2D eigenvalue weighted by atomic mass is 32.2. The van der Waals surface area contributed by atoms with Crippen molar-refractivity contribution in [3.63, 3.8) is 0 Å². The van der Waals surface area contributed by atoms with Crippen LogP contribution < -0.4 is 10.6 Å². The van der Waals surface area contributed by atoms with Gasteiger partial charge in [0.05, 0.1) is 6.54 Å². The third-order valence-corrected chi connectivity index (χ3v) is 9.66. The Morgan fingerprint density at radius 3 is 2.37 bits per heavy atom. The molecule has 0 spiro atoms. The summed E-state index contributed by atoms with van der Waals surface area (Å²) in [6, 6.07) is 7.94. The number of piperidine rings is 1. The Bertz CT molecular complexity index is 1070. The van der Waals surface area contributed by atoms with Gasteiger partial charge in [-0.3, -0.25) is 19.4 Å². The average Bonchev–Trinajstić information content (AvgIpc) is 3.29. The summed E-state index contributed by atoms with van der Waals surface area (Å²) in [5, 5.41) is 5.87. The lowest BCUT2D eigenvalue weighted by atomic mass is 9.91. The van der Waals surface area contributed by atoms with E-state index >= 15 is 0 Å². The van der Waals surface area contributed by atoms with Crippen molar-refractivity contribution in [2.24, 2.45) is 5.92 Å². The van der Waals surface area contributed by atoms with E-state index in [2.05, 4.69) is 27.7 Å². The summed E-state index contributed by atoms with van der Waals surface area (Å²) >= 11 is 1.62. The fraction of sp³-hybridized carbons (Fsp3) is 0.719. The van der Waals surface area contributed by atoms with Crippen molar-refractivity contribution in [1.82, 2.24) is 20.4 Å². The van der Waals surface area contributed by atoms with Gasteiger partial charge in [0, 0.05) is 37.8 Å². The van der Waals surface area contributed by atoms with E-state index in [1.165, 1.54) is 37.7 Å². The largest absolute Gasteiger partial charge is 0.444 e. The Morgan fingerprint density at radius 2 is 1.72 bits per heavy atom. The van der Waals surface area contributed by atoms with Crippen LogP contribution in [0.3, 0.4) is 0 Å². The van der Waals surface area contributed by atoms with Crippen molar-refractivity contribution < 1.29 is 27.9 Å². The predicted molar refractivity (Wildman–Crippen MR) is 165 cm³/mol. The zero-order valence-corrected chi connectivity index (χ0v) is 26.6. The van der Waals surface area contributed by atoms with Crippen LogP contribution in [0.5, 0.6) is 0 Å². The molecule has 0 bridgehead atoms. The number of carbonyl (C=O) groups excluding carboxylic acids is 3. The van der Waals surface area contributed by atoms with Crippen molar-refractivity contribution >= 4 is 29.7 Å². The Kier molecular flexibility index (Phi) is 11.7. The standard InChI is InChI=1S/C32H48F2N4O4S/c1-31(2,3)42-30(41)38-22-32(33,34)18-27(38)29(40)36-26(21-43-20-24-12-8-5-9-13-24)28(39)35-25-14-16-37(17-15-25)19-23-10-6-4-7-11-23/h4,6-7,10-11,24-27H,5,8-9,12-22H2,1-3H3,(H,35,39)(H,36,40)/t26-,27-/m0/s1. The summed E-state index contributed by atoms with van der Waals surface area (Å²) in [7, 11) is 0. The maximum atomic E-state index is 14.5. The number of alkyl halides is 2. The number of ether oxygens (including phenoxy) is 1. The summed E-state index contributed by atoms with van der Waals surface area (Å²) in [5.41, 5.74) is 0.353. The second-order valence-corrected chi connectivity index (χ2v) is 14.4. The predicted octanol–water partition coefficient (Wildman–Crippen LogP) is 5.21. The first-order valence-electron chi connectivity index (χ1n) is 15.7. The molecule has 3 amide bonds. The van der Waals surface area contributed by atoms with E-state index in [0.29, 0.717) is 11.7 Å². The van der Waals surface area contributed by atoms with Gasteiger partial charge < -0.3 is 15.4 Å². The minimum absolute atomic E-state index is 0.0312. The Labute approximate surface area is 259 Å². The van der Waals surface area contributed by atoms with Crippen LogP contribution in [-0.4, -0.2) is 88.5 Å². The fourth-order valence-corrected chi connectivity index (χ4v) is 7.37. The Hall–Kier alpha value is -2.40. The second-order valence-electron chi connectivity index (χ2n) is 13.3. The highest BCUT2D eigenvalue weighted by molar-refractivity contribution is 7.99. The van der Waals surface area contributed by atoms with E-state index in [1.54, 1.807) is 32.5 Å². The van der Waals surface area contributed by atoms with Gasteiger partial charge in [-0.15, -0.1) is 0 Å². The van der Waals surface area contributed by atoms with Crippen molar-refractivity contribution in [3.05, 3.63) is 35.9 Å². The number of halogens is 2. The van der Waals surface area contributed by atoms with E-state index in [4.69, 9.17) is 4.74 Å². The molecule has 2 N–H and O–H groups in total. The van der Waals surface area contributed by atoms with Crippen LogP contribution in [-0.2, 0) is 20.9 Å². The topological polar surface area (TPSA) is 91.0 Å². The summed E-state index contributed by atoms with van der Waals surface area (Å²) < 4.78 is 34.2. The van der Waals surface area contributed by atoms with Crippen molar-refractivity contribution in [2.45, 2.75) is 108 Å². The molecule has 1 aromatic rings. The zero-order chi connectivity index (χ0) is 31.0. The maximum Gasteiger partial charge on any atom is 0.411 e. The molecule has 2 aliphatic heterocycles. The van der Waals surface area contributed by atoms with Gasteiger partial charge in [-0.25, -0.2) is 13.6 Å². The van der Waals surface area contributed by atoms with Gasteiger partial charge in [-0.1, -0.05) is 49.6 Å². The number of benzene rings is 1. The molecule has 4 rings (SSSR count). The quantitative estimate of drug-likeness (QED) is 0.373. The van der Waals surface area contributed by atoms with Crippen LogP contribution in [0.15, 0.2) is 30.3 Å². The number of nitrogens with one attached hydrogen (secondary N) is 2. The lowest BCUT2D eigenvalue weighted by Gasteiger charge is -2.33. The van der Waals surface area contributed by atoms with Gasteiger partial charge in [-0.05, 0) is 63.7 Å². The lowest BCUT2D eigenvalue weighted by molar-refractivity contribution is -0.131. The maximum absolute atomic E-state index is 14.5. The van der Waals surface area contributed by atoms with Gasteiger partial charge >= 0.3 is 6.09 Å². The number of nitrogens with zero attached hydrogens (tertiary/aromatic N) is 2. The number of hydrogen-bond donors (Lipinski definition) is 2. The highest BCUT2D eigenvalue weighted by Gasteiger charge is 2.51. The normalized spacial score (nSPS) is 22.6. The number of thioether (sulfide) groups is 1. The van der Waals surface area contributed by atoms with Crippen LogP contribution in [0.2, 0.25) is 0 Å². The second kappa shape index (κ2) is 15.1. The summed E-state index contributed by atoms with van der Waals surface area (Å²) in [6.07, 6.45) is 5.83. The van der Waals surface area contributed by atoms with Gasteiger partial charge in [0.1, 0.15) is 17.7 Å². The number of carbonyl (C=O) groups is 3. The molecule has 43 heavy (non-hydrogen) atoms. The molecule has 2 heterocycles. The van der Waals surface area contributed by atoms with E-state index in [9.17, 15) is 23.2 Å². The summed E-state index contributed by atoms with van der Waals surface area (Å²) in [4.78, 5) is 42.9. The van der Waals surface area contributed by atoms with Crippen molar-refractivity contribution in [3.8, 4) is 0 Å². The number of amides is 3. The molecule has 1 aromatic carbocycles. The minimum atomic E-state index is -3.22. The average molecular weight is 623 g/mol. The van der Waals surface area contributed by atoms with Crippen LogP contribution in [0.25, 0.3) is 0 Å². The third kappa shape index (κ3) is 10.6. The molecule has 1 aliphatic carbocycles. The van der Waals surface area contributed by atoms with Crippen LogP contribution in [0.1, 0.15) is 77.7 Å². The first kappa shape index (κ1) is 33.5. The molecular weight excluding hydrogens is 574 g/mol. The Balaban J connectivity index is 1.37. The molecule has 3 aliphatic rings. The van der Waals surface area contributed by atoms with Gasteiger partial charge in [-0.2, -0.15) is 11.8 Å². The van der Waals surface area contributed by atoms with E-state index in [-0.39, 0.29) is 11.9 Å². The van der Waals surface area contributed by atoms with Crippen molar-refractivity contribution in [2.75, 3.05) is 31.1 Å². The molecule has 0 unspecified atom stereocenters. The molecule has 2 saturated heterocycles. The van der Waals surface area contributed by atoms with Gasteiger partial charge in [0.25, 0.3) is 5.92 Å². The molecule has 0 aromatic heterocycles. The monoisotopic (exact) mass is 622 g/mol. The van der Waals surface area contributed by atoms with E-state index < -0.39 is 48.6 Å². The summed E-state index contributed by atoms with van der Waals surface area (Å²) in [6.45, 7) is 6.58. The minimum Gasteiger partial charge on any atom is -0.444 e. The molecule has 240 valence electrons. The Morgan fingerprint density at radius 1 is 1.05 bits per heavy atom. The molecule has 2 atom stereocenters. The lowest BCUT2D eigenvalue weighted by Crippen LogP contribution is -2.56. The number of rotatable bonds is 10. The molecular formula is C32H48F2N4O4S. The molecule has 1 saturated carbocycles. The van der Waals surface area contributed by atoms with Crippen molar-refractivity contribution in [1.29, 1.82) is 0 Å². The third-order valence-electron chi connectivity index (χ3n) is 8.38. The van der Waals surface area contributed by atoms with Gasteiger partial charge in [0.2, 0.25) is 11.8 Å². The molecule has 8 nitrogen and oxygen atoms in total. The first-order valence-corrected chi connectivity index (χ1v) is 16.9. The van der Waals surface area contributed by atoms with Crippen LogP contribution >= 0.6 is 11.8 Å². The highest BCUT2D eigenvalue weighted by Crippen LogP contribution is 2.33. The fourth-order valence-electron chi connectivity index (χ4n) is 6.10. The SMILES string of the molecule is CC(C)(C)OC(=O)N1CC(F)(F)C[C@H]1C(=O)N[C@@H](CSCC1CCCCC1)C(=O)NC1CCN(Cc2ccccc2)CC1. The zero-order valence-electron chi connectivity index (χ0n) is 25.8. The first-order chi connectivity index (χ1) is 20.4. The van der Waals surface area contributed by atoms with Gasteiger partial charge in [0.15, 0.2) is 0 Å². The van der Waals surface area contributed by atoms with E-state index in [1.807, 2.05) is 18.2 Å². The molecule has 0 radical (unpaired) electrons. The smallest absolute Gasteiger partial charge is 0.411 e. The van der Waals surface area contributed by atoms with Crippen LogP contribution in [0, 0.1) is 5.92 Å². The molecule has 11 heteroatoms. The van der Waals surface area contributed by atoms with Crippen LogP contribution in [0.4, 0.5) is 13.6 Å². The number of likely N-dealkylation sites (tertiary alicyclic amines) is 2. The molecule has 3 fully saturated rings. The number of hydrogen-bond acceptors (Lipinski definition) is 6.